The van der Waals surface area contributed by atoms with E-state index >= 15 is 0 Å². The number of nitrogens with zero attached hydrogens (tertiary/aromatic N) is 3. The average molecular weight is 420 g/mol. The van der Waals surface area contributed by atoms with Gasteiger partial charge in [-0.15, -0.1) is 11.3 Å². The Labute approximate surface area is 167 Å². The van der Waals surface area contributed by atoms with E-state index in [9.17, 15) is 13.2 Å². The van der Waals surface area contributed by atoms with Crippen molar-refractivity contribution >= 4 is 27.1 Å². The number of hydrogen-bond acceptors (Lipinski definition) is 7. The van der Waals surface area contributed by atoms with Gasteiger partial charge in [0.2, 0.25) is 0 Å². The number of sulfone groups is 1. The highest BCUT2D eigenvalue weighted by molar-refractivity contribution is 7.90. The first-order chi connectivity index (χ1) is 13.2. The SMILES string of the molecule is Cc1c(C(=O)OCc2csc(-c3ccc(S(C)(=O)=O)cc3)n2)cnn1C(C)C. The molecule has 0 saturated heterocycles. The van der Waals surface area contributed by atoms with Crippen LogP contribution in [0.1, 0.15) is 41.6 Å². The molecule has 0 unspecified atom stereocenters. The first kappa shape index (κ1) is 20.2. The molecule has 0 radical (unpaired) electrons. The maximum atomic E-state index is 12.3. The molecule has 0 bridgehead atoms. The molecule has 2 heterocycles. The summed E-state index contributed by atoms with van der Waals surface area (Å²) in [7, 11) is -3.23. The van der Waals surface area contributed by atoms with Crippen LogP contribution in [0.3, 0.4) is 0 Å². The van der Waals surface area contributed by atoms with Crippen molar-refractivity contribution in [3.05, 3.63) is 52.8 Å². The molecule has 0 spiro atoms. The first-order valence-corrected chi connectivity index (χ1v) is 11.4. The predicted octanol–water partition coefficient (Wildman–Crippen LogP) is 3.66. The maximum Gasteiger partial charge on any atom is 0.342 e. The summed E-state index contributed by atoms with van der Waals surface area (Å²) in [5.41, 5.74) is 2.66. The van der Waals surface area contributed by atoms with E-state index in [1.54, 1.807) is 28.9 Å². The average Bonchev–Trinajstić information content (AvgIpc) is 3.26. The van der Waals surface area contributed by atoms with Crippen molar-refractivity contribution in [3.8, 4) is 10.6 Å². The quantitative estimate of drug-likeness (QED) is 0.566. The number of thiazole rings is 1. The number of carbonyl (C=O) groups excluding carboxylic acids is 1. The number of hydrogen-bond donors (Lipinski definition) is 0. The van der Waals surface area contributed by atoms with E-state index in [0.717, 1.165) is 16.3 Å². The van der Waals surface area contributed by atoms with Crippen LogP contribution >= 0.6 is 11.3 Å². The predicted molar refractivity (Wildman–Crippen MR) is 107 cm³/mol. The maximum absolute atomic E-state index is 12.3. The Balaban J connectivity index is 1.67. The van der Waals surface area contributed by atoms with Crippen LogP contribution in [0.4, 0.5) is 0 Å². The van der Waals surface area contributed by atoms with Gasteiger partial charge in [0, 0.05) is 23.2 Å². The lowest BCUT2D eigenvalue weighted by molar-refractivity contribution is 0.0467. The van der Waals surface area contributed by atoms with Crippen LogP contribution in [0.15, 0.2) is 40.7 Å². The molecular weight excluding hydrogens is 398 g/mol. The lowest BCUT2D eigenvalue weighted by Crippen LogP contribution is -2.09. The van der Waals surface area contributed by atoms with E-state index in [1.165, 1.54) is 23.8 Å². The second-order valence-electron chi connectivity index (χ2n) is 6.70. The third-order valence-electron chi connectivity index (χ3n) is 4.19. The van der Waals surface area contributed by atoms with Crippen LogP contribution in [0, 0.1) is 6.92 Å². The first-order valence-electron chi connectivity index (χ1n) is 8.63. The van der Waals surface area contributed by atoms with Gasteiger partial charge in [-0.2, -0.15) is 5.10 Å². The molecular formula is C19H21N3O4S2. The van der Waals surface area contributed by atoms with E-state index in [4.69, 9.17) is 4.74 Å². The number of rotatable bonds is 6. The van der Waals surface area contributed by atoms with Gasteiger partial charge in [-0.25, -0.2) is 18.2 Å². The van der Waals surface area contributed by atoms with E-state index < -0.39 is 15.8 Å². The molecule has 148 valence electrons. The van der Waals surface area contributed by atoms with Gasteiger partial charge in [0.05, 0.1) is 22.5 Å². The van der Waals surface area contributed by atoms with Crippen molar-refractivity contribution in [2.45, 2.75) is 38.3 Å². The Morgan fingerprint density at radius 2 is 1.93 bits per heavy atom. The highest BCUT2D eigenvalue weighted by Crippen LogP contribution is 2.25. The lowest BCUT2D eigenvalue weighted by atomic mass is 10.2. The normalized spacial score (nSPS) is 11.8. The highest BCUT2D eigenvalue weighted by atomic mass is 32.2. The molecule has 0 aliphatic carbocycles. The molecule has 0 fully saturated rings. The Kier molecular flexibility index (Phi) is 5.66. The van der Waals surface area contributed by atoms with Crippen molar-refractivity contribution in [2.75, 3.05) is 6.26 Å². The van der Waals surface area contributed by atoms with Crippen molar-refractivity contribution in [1.29, 1.82) is 0 Å². The van der Waals surface area contributed by atoms with Gasteiger partial charge in [0.25, 0.3) is 0 Å². The topological polar surface area (TPSA) is 91.2 Å². The van der Waals surface area contributed by atoms with Crippen molar-refractivity contribution in [1.82, 2.24) is 14.8 Å². The molecule has 3 rings (SSSR count). The fourth-order valence-corrected chi connectivity index (χ4v) is 4.15. The fourth-order valence-electron chi connectivity index (χ4n) is 2.71. The van der Waals surface area contributed by atoms with Crippen LogP contribution in [0.2, 0.25) is 0 Å². The molecule has 0 N–H and O–H groups in total. The lowest BCUT2D eigenvalue weighted by Gasteiger charge is -2.08. The van der Waals surface area contributed by atoms with Crippen LogP contribution in [-0.2, 0) is 21.2 Å². The second-order valence-corrected chi connectivity index (χ2v) is 9.57. The van der Waals surface area contributed by atoms with Crippen LogP contribution in [0.5, 0.6) is 0 Å². The molecule has 9 heteroatoms. The molecule has 7 nitrogen and oxygen atoms in total. The summed E-state index contributed by atoms with van der Waals surface area (Å²) in [5, 5.41) is 6.77. The van der Waals surface area contributed by atoms with Gasteiger partial charge in [-0.1, -0.05) is 12.1 Å². The van der Waals surface area contributed by atoms with Crippen LogP contribution < -0.4 is 0 Å². The summed E-state index contributed by atoms with van der Waals surface area (Å²) >= 11 is 1.41. The molecule has 0 atom stereocenters. The zero-order chi connectivity index (χ0) is 20.5. The van der Waals surface area contributed by atoms with Gasteiger partial charge in [0.15, 0.2) is 9.84 Å². The Morgan fingerprint density at radius 1 is 1.25 bits per heavy atom. The van der Waals surface area contributed by atoms with Crippen LogP contribution in [-0.4, -0.2) is 35.4 Å². The Bertz CT molecular complexity index is 1100. The van der Waals surface area contributed by atoms with Gasteiger partial charge in [-0.05, 0) is 32.9 Å². The number of ether oxygens (including phenoxy) is 1. The van der Waals surface area contributed by atoms with Crippen LogP contribution in [0.25, 0.3) is 10.6 Å². The third-order valence-corrected chi connectivity index (χ3v) is 6.25. The third kappa shape index (κ3) is 4.31. The van der Waals surface area contributed by atoms with Gasteiger partial charge in [-0.3, -0.25) is 4.68 Å². The minimum atomic E-state index is -3.23. The number of carbonyl (C=O) groups is 1. The largest absolute Gasteiger partial charge is 0.455 e. The van der Waals surface area contributed by atoms with Crippen molar-refractivity contribution in [2.24, 2.45) is 0 Å². The van der Waals surface area contributed by atoms with Crippen molar-refractivity contribution in [3.63, 3.8) is 0 Å². The van der Waals surface area contributed by atoms with E-state index in [0.29, 0.717) is 11.3 Å². The standard InChI is InChI=1S/C19H21N3O4S2/c1-12(2)22-13(3)17(9-20-22)19(23)26-10-15-11-27-18(21-15)14-5-7-16(8-6-14)28(4,24)25/h5-9,11-12H,10H2,1-4H3. The van der Waals surface area contributed by atoms with E-state index in [-0.39, 0.29) is 17.5 Å². The summed E-state index contributed by atoms with van der Waals surface area (Å²) in [5.74, 6) is -0.434. The minimum Gasteiger partial charge on any atom is -0.455 e. The summed E-state index contributed by atoms with van der Waals surface area (Å²) in [6, 6.07) is 6.71. The molecule has 3 aromatic rings. The number of esters is 1. The fraction of sp³-hybridized carbons (Fsp3) is 0.316. The zero-order valence-corrected chi connectivity index (χ0v) is 17.7. The molecule has 0 saturated carbocycles. The molecule has 0 aliphatic rings. The molecule has 2 aromatic heterocycles. The summed E-state index contributed by atoms with van der Waals surface area (Å²) in [4.78, 5) is 17.1. The second kappa shape index (κ2) is 7.84. The van der Waals surface area contributed by atoms with Gasteiger partial charge in [0.1, 0.15) is 17.2 Å². The zero-order valence-electron chi connectivity index (χ0n) is 16.0. The summed E-state index contributed by atoms with van der Waals surface area (Å²) in [6.45, 7) is 5.89. The van der Waals surface area contributed by atoms with Gasteiger partial charge >= 0.3 is 5.97 Å². The molecule has 0 aliphatic heterocycles. The summed E-state index contributed by atoms with van der Waals surface area (Å²) < 4.78 is 30.2. The number of aromatic nitrogens is 3. The van der Waals surface area contributed by atoms with Crippen molar-refractivity contribution < 1.29 is 17.9 Å². The highest BCUT2D eigenvalue weighted by Gasteiger charge is 2.17. The van der Waals surface area contributed by atoms with E-state index in [1.807, 2.05) is 26.2 Å². The summed E-state index contributed by atoms with van der Waals surface area (Å²) in [6.07, 6.45) is 2.69. The number of benzene rings is 1. The van der Waals surface area contributed by atoms with Gasteiger partial charge < -0.3 is 4.74 Å². The smallest absolute Gasteiger partial charge is 0.342 e. The Morgan fingerprint density at radius 3 is 2.50 bits per heavy atom. The van der Waals surface area contributed by atoms with E-state index in [2.05, 4.69) is 10.1 Å². The molecule has 1 aromatic carbocycles. The molecule has 28 heavy (non-hydrogen) atoms. The Hall–Kier alpha value is -2.52. The molecule has 0 amide bonds. The minimum absolute atomic E-state index is 0.0586. The monoisotopic (exact) mass is 419 g/mol.